The summed E-state index contributed by atoms with van der Waals surface area (Å²) in [6, 6.07) is 7.98. The van der Waals surface area contributed by atoms with E-state index in [0.29, 0.717) is 12.3 Å². The molecule has 5 heteroatoms. The lowest BCUT2D eigenvalue weighted by Gasteiger charge is -2.08. The number of benzene rings is 1. The number of nitrogens with one attached hydrogen (secondary N) is 2. The van der Waals surface area contributed by atoms with E-state index in [9.17, 15) is 9.59 Å². The number of hydrazine groups is 1. The van der Waals surface area contributed by atoms with Gasteiger partial charge < -0.3 is 0 Å². The zero-order valence-corrected chi connectivity index (χ0v) is 13.0. The second-order valence-corrected chi connectivity index (χ2v) is 6.18. The molecule has 2 N–H and O–H groups in total. The van der Waals surface area contributed by atoms with Crippen molar-refractivity contribution in [1.29, 1.82) is 0 Å². The minimum atomic E-state index is -0.200. The summed E-state index contributed by atoms with van der Waals surface area (Å²) in [4.78, 5) is 24.0. The maximum Gasteiger partial charge on any atom is 0.248 e. The van der Waals surface area contributed by atoms with Crippen molar-refractivity contribution in [3.05, 3.63) is 29.8 Å². The van der Waals surface area contributed by atoms with Crippen LogP contribution in [-0.4, -0.2) is 17.6 Å². The maximum atomic E-state index is 11.6. The van der Waals surface area contributed by atoms with Crippen LogP contribution in [0.4, 0.5) is 0 Å². The van der Waals surface area contributed by atoms with Crippen molar-refractivity contribution in [2.45, 2.75) is 38.5 Å². The first-order valence-electron chi connectivity index (χ1n) is 6.74. The summed E-state index contributed by atoms with van der Waals surface area (Å²) in [7, 11) is 0. The Morgan fingerprint density at radius 3 is 2.30 bits per heavy atom. The van der Waals surface area contributed by atoms with Gasteiger partial charge in [0.25, 0.3) is 0 Å². The van der Waals surface area contributed by atoms with Crippen LogP contribution in [0.15, 0.2) is 29.2 Å². The molecule has 0 heterocycles. The van der Waals surface area contributed by atoms with Gasteiger partial charge in [0.2, 0.25) is 11.8 Å². The van der Waals surface area contributed by atoms with Gasteiger partial charge in [-0.25, -0.2) is 0 Å². The second kappa shape index (κ2) is 8.64. The molecule has 1 aromatic carbocycles. The van der Waals surface area contributed by atoms with E-state index in [1.165, 1.54) is 17.3 Å². The van der Waals surface area contributed by atoms with E-state index in [2.05, 4.69) is 24.7 Å². The van der Waals surface area contributed by atoms with Gasteiger partial charge in [-0.15, -0.1) is 11.8 Å². The molecule has 110 valence electrons. The summed E-state index contributed by atoms with van der Waals surface area (Å²) >= 11 is 1.44. The molecule has 4 nitrogen and oxygen atoms in total. The molecule has 1 rings (SSSR count). The zero-order valence-electron chi connectivity index (χ0n) is 12.2. The molecule has 0 bridgehead atoms. The number of amides is 2. The van der Waals surface area contributed by atoms with Crippen molar-refractivity contribution in [2.75, 3.05) is 5.75 Å². The molecule has 0 aliphatic rings. The first-order valence-corrected chi connectivity index (χ1v) is 7.73. The van der Waals surface area contributed by atoms with Crippen molar-refractivity contribution >= 4 is 23.6 Å². The molecule has 0 aliphatic carbocycles. The minimum Gasteiger partial charge on any atom is -0.273 e. The van der Waals surface area contributed by atoms with E-state index in [-0.39, 0.29) is 17.6 Å². The van der Waals surface area contributed by atoms with Gasteiger partial charge in [-0.1, -0.05) is 31.5 Å². The smallest absolute Gasteiger partial charge is 0.248 e. The van der Waals surface area contributed by atoms with E-state index >= 15 is 0 Å². The number of carbonyl (C=O) groups is 2. The third-order valence-electron chi connectivity index (χ3n) is 2.68. The van der Waals surface area contributed by atoms with Crippen LogP contribution in [0.2, 0.25) is 0 Å². The summed E-state index contributed by atoms with van der Waals surface area (Å²) in [5.74, 6) is 0.419. The van der Waals surface area contributed by atoms with E-state index in [0.717, 1.165) is 11.3 Å². The van der Waals surface area contributed by atoms with Gasteiger partial charge in [0.1, 0.15) is 0 Å². The Hall–Kier alpha value is -1.49. The van der Waals surface area contributed by atoms with Gasteiger partial charge in [-0.2, -0.15) is 0 Å². The highest BCUT2D eigenvalue weighted by molar-refractivity contribution is 8.00. The van der Waals surface area contributed by atoms with Crippen LogP contribution in [0.3, 0.4) is 0 Å². The molecule has 0 aromatic heterocycles. The third kappa shape index (κ3) is 7.19. The standard InChI is InChI=1S/C15H22N2O2S/c1-11(2)4-9-14(18)16-17-15(19)10-20-13-7-5-12(3)6-8-13/h5-8,11H,4,9-10H2,1-3H3,(H,16,18)(H,17,19). The first kappa shape index (κ1) is 16.6. The second-order valence-electron chi connectivity index (χ2n) is 5.13. The van der Waals surface area contributed by atoms with Gasteiger partial charge >= 0.3 is 0 Å². The highest BCUT2D eigenvalue weighted by atomic mass is 32.2. The highest BCUT2D eigenvalue weighted by Crippen LogP contribution is 2.17. The van der Waals surface area contributed by atoms with Crippen LogP contribution in [0.5, 0.6) is 0 Å². The number of aryl methyl sites for hydroxylation is 1. The number of carbonyl (C=O) groups excluding carboxylic acids is 2. The van der Waals surface area contributed by atoms with Crippen molar-refractivity contribution in [3.63, 3.8) is 0 Å². The van der Waals surface area contributed by atoms with Crippen molar-refractivity contribution < 1.29 is 9.59 Å². The molecule has 0 unspecified atom stereocenters. The van der Waals surface area contributed by atoms with Crippen molar-refractivity contribution in [3.8, 4) is 0 Å². The number of hydrogen-bond donors (Lipinski definition) is 2. The first-order chi connectivity index (χ1) is 9.47. The lowest BCUT2D eigenvalue weighted by molar-refractivity contribution is -0.127. The largest absolute Gasteiger partial charge is 0.273 e. The molecule has 0 saturated carbocycles. The van der Waals surface area contributed by atoms with Gasteiger partial charge in [0, 0.05) is 11.3 Å². The van der Waals surface area contributed by atoms with E-state index in [1.54, 1.807) is 0 Å². The number of rotatable bonds is 6. The van der Waals surface area contributed by atoms with Crippen molar-refractivity contribution in [1.82, 2.24) is 10.9 Å². The number of thioether (sulfide) groups is 1. The Morgan fingerprint density at radius 2 is 1.70 bits per heavy atom. The molecule has 0 saturated heterocycles. The summed E-state index contributed by atoms with van der Waals surface area (Å²) in [6.45, 7) is 6.14. The molecule has 0 fully saturated rings. The lowest BCUT2D eigenvalue weighted by Crippen LogP contribution is -2.42. The Morgan fingerprint density at radius 1 is 1.10 bits per heavy atom. The van der Waals surface area contributed by atoms with E-state index in [1.807, 2.05) is 31.2 Å². The zero-order chi connectivity index (χ0) is 15.0. The van der Waals surface area contributed by atoms with Gasteiger partial charge in [0.15, 0.2) is 0 Å². The number of hydrogen-bond acceptors (Lipinski definition) is 3. The Kier molecular flexibility index (Phi) is 7.15. The SMILES string of the molecule is Cc1ccc(SCC(=O)NNC(=O)CCC(C)C)cc1. The average Bonchev–Trinajstić information content (AvgIpc) is 2.42. The van der Waals surface area contributed by atoms with Gasteiger partial charge in [-0.3, -0.25) is 20.4 Å². The van der Waals surface area contributed by atoms with Crippen LogP contribution < -0.4 is 10.9 Å². The van der Waals surface area contributed by atoms with Gasteiger partial charge in [-0.05, 0) is 31.4 Å². The van der Waals surface area contributed by atoms with E-state index < -0.39 is 0 Å². The predicted octanol–water partition coefficient (Wildman–Crippen LogP) is 2.67. The Bertz CT molecular complexity index is 444. The summed E-state index contributed by atoms with van der Waals surface area (Å²) < 4.78 is 0. The summed E-state index contributed by atoms with van der Waals surface area (Å²) in [5.41, 5.74) is 6.05. The molecule has 2 amide bonds. The molecule has 0 spiro atoms. The predicted molar refractivity (Wildman–Crippen MR) is 82.3 cm³/mol. The third-order valence-corrected chi connectivity index (χ3v) is 3.69. The topological polar surface area (TPSA) is 58.2 Å². The molecular weight excluding hydrogens is 272 g/mol. The molecular formula is C15H22N2O2S. The minimum absolute atomic E-state index is 0.146. The normalized spacial score (nSPS) is 10.4. The van der Waals surface area contributed by atoms with Crippen LogP contribution in [0.25, 0.3) is 0 Å². The Labute approximate surface area is 124 Å². The van der Waals surface area contributed by atoms with Crippen LogP contribution >= 0.6 is 11.8 Å². The Balaban J connectivity index is 2.20. The van der Waals surface area contributed by atoms with E-state index in [4.69, 9.17) is 0 Å². The quantitative estimate of drug-likeness (QED) is 0.626. The molecule has 1 aromatic rings. The molecule has 0 aliphatic heterocycles. The monoisotopic (exact) mass is 294 g/mol. The van der Waals surface area contributed by atoms with Crippen LogP contribution in [0, 0.1) is 12.8 Å². The maximum absolute atomic E-state index is 11.6. The fourth-order valence-corrected chi connectivity index (χ4v) is 2.14. The summed E-state index contributed by atoms with van der Waals surface area (Å²) in [6.07, 6.45) is 1.25. The fraction of sp³-hybridized carbons (Fsp3) is 0.467. The molecule has 20 heavy (non-hydrogen) atoms. The van der Waals surface area contributed by atoms with Crippen molar-refractivity contribution in [2.24, 2.45) is 5.92 Å². The molecule has 0 radical (unpaired) electrons. The van der Waals surface area contributed by atoms with Crippen LogP contribution in [0.1, 0.15) is 32.3 Å². The van der Waals surface area contributed by atoms with Gasteiger partial charge in [0.05, 0.1) is 5.75 Å². The molecule has 0 atom stereocenters. The summed E-state index contributed by atoms with van der Waals surface area (Å²) in [5, 5.41) is 0. The average molecular weight is 294 g/mol. The highest BCUT2D eigenvalue weighted by Gasteiger charge is 2.06. The lowest BCUT2D eigenvalue weighted by atomic mass is 10.1. The fourth-order valence-electron chi connectivity index (χ4n) is 1.44. The van der Waals surface area contributed by atoms with Crippen LogP contribution in [-0.2, 0) is 9.59 Å².